The van der Waals surface area contributed by atoms with Crippen molar-refractivity contribution in [3.63, 3.8) is 0 Å². The molecule has 0 amide bonds. The maximum absolute atomic E-state index is 5.76. The molecule has 0 radical (unpaired) electrons. The Morgan fingerprint density at radius 1 is 0.895 bits per heavy atom. The zero-order chi connectivity index (χ0) is 14.4. The van der Waals surface area contributed by atoms with Crippen LogP contribution in [0.2, 0.25) is 0 Å². The van der Waals surface area contributed by atoms with E-state index < -0.39 is 0 Å². The number of hydrogen-bond acceptors (Lipinski definition) is 7. The third-order valence-electron chi connectivity index (χ3n) is 2.62. The Morgan fingerprint density at radius 3 is 2.05 bits per heavy atom. The summed E-state index contributed by atoms with van der Waals surface area (Å²) >= 11 is 0. The Morgan fingerprint density at radius 2 is 1.53 bits per heavy atom. The van der Waals surface area contributed by atoms with Crippen molar-refractivity contribution in [1.82, 2.24) is 19.9 Å². The fraction of sp³-hybridized carbons (Fsp3) is 0.750. The van der Waals surface area contributed by atoms with Crippen LogP contribution in [-0.4, -0.2) is 67.7 Å². The van der Waals surface area contributed by atoms with Gasteiger partial charge < -0.3 is 20.4 Å². The van der Waals surface area contributed by atoms with Gasteiger partial charge in [-0.3, -0.25) is 0 Å². The first-order chi connectivity index (χ1) is 8.93. The Labute approximate surface area is 115 Å². The number of hydrogen-bond donors (Lipinski definition) is 1. The SMILES string of the molecule is CCCN(CCN(C)C)c1nc(N)nc(N(C)C)n1. The molecule has 0 aromatic carbocycles. The quantitative estimate of drug-likeness (QED) is 0.761. The molecule has 1 aromatic heterocycles. The van der Waals surface area contributed by atoms with Crippen LogP contribution in [0.5, 0.6) is 0 Å². The molecule has 0 saturated carbocycles. The molecule has 0 aliphatic heterocycles. The molecule has 2 N–H and O–H groups in total. The zero-order valence-corrected chi connectivity index (χ0v) is 12.6. The lowest BCUT2D eigenvalue weighted by molar-refractivity contribution is 0.411. The molecule has 0 spiro atoms. The predicted octanol–water partition coefficient (Wildman–Crippen LogP) is 0.298. The summed E-state index contributed by atoms with van der Waals surface area (Å²) in [5.41, 5.74) is 5.76. The third-order valence-corrected chi connectivity index (χ3v) is 2.62. The van der Waals surface area contributed by atoms with Crippen molar-refractivity contribution in [3.8, 4) is 0 Å². The largest absolute Gasteiger partial charge is 0.368 e. The second kappa shape index (κ2) is 7.08. The maximum atomic E-state index is 5.76. The Hall–Kier alpha value is -1.63. The van der Waals surface area contributed by atoms with Gasteiger partial charge in [-0.05, 0) is 20.5 Å². The average Bonchev–Trinajstić information content (AvgIpc) is 2.33. The van der Waals surface area contributed by atoms with E-state index in [-0.39, 0.29) is 5.95 Å². The summed E-state index contributed by atoms with van der Waals surface area (Å²) < 4.78 is 0. The van der Waals surface area contributed by atoms with E-state index in [0.717, 1.165) is 26.1 Å². The van der Waals surface area contributed by atoms with Crippen molar-refractivity contribution in [2.75, 3.05) is 63.4 Å². The summed E-state index contributed by atoms with van der Waals surface area (Å²) in [6.07, 6.45) is 1.04. The van der Waals surface area contributed by atoms with E-state index in [2.05, 4.69) is 45.8 Å². The highest BCUT2D eigenvalue weighted by atomic mass is 15.3. The molecule has 1 rings (SSSR count). The molecule has 0 atom stereocenters. The van der Waals surface area contributed by atoms with E-state index in [9.17, 15) is 0 Å². The molecule has 1 aromatic rings. The fourth-order valence-corrected chi connectivity index (χ4v) is 1.61. The molecule has 0 bridgehead atoms. The normalized spacial score (nSPS) is 10.8. The molecule has 19 heavy (non-hydrogen) atoms. The van der Waals surface area contributed by atoms with Gasteiger partial charge in [0.2, 0.25) is 17.8 Å². The zero-order valence-electron chi connectivity index (χ0n) is 12.6. The van der Waals surface area contributed by atoms with Crippen LogP contribution in [-0.2, 0) is 0 Å². The highest BCUT2D eigenvalue weighted by Crippen LogP contribution is 2.13. The van der Waals surface area contributed by atoms with Gasteiger partial charge in [0.25, 0.3) is 0 Å². The van der Waals surface area contributed by atoms with Crippen molar-refractivity contribution >= 4 is 17.8 Å². The smallest absolute Gasteiger partial charge is 0.231 e. The van der Waals surface area contributed by atoms with Gasteiger partial charge in [0, 0.05) is 33.7 Å². The monoisotopic (exact) mass is 267 g/mol. The van der Waals surface area contributed by atoms with Crippen LogP contribution in [0.25, 0.3) is 0 Å². The third kappa shape index (κ3) is 4.86. The highest BCUT2D eigenvalue weighted by molar-refractivity contribution is 5.42. The van der Waals surface area contributed by atoms with Crippen molar-refractivity contribution in [3.05, 3.63) is 0 Å². The highest BCUT2D eigenvalue weighted by Gasteiger charge is 2.13. The van der Waals surface area contributed by atoms with Gasteiger partial charge in [0.05, 0.1) is 0 Å². The minimum absolute atomic E-state index is 0.264. The summed E-state index contributed by atoms with van der Waals surface area (Å²) in [4.78, 5) is 18.9. The predicted molar refractivity (Wildman–Crippen MR) is 79.6 cm³/mol. The Balaban J connectivity index is 2.94. The second-order valence-corrected chi connectivity index (χ2v) is 4.98. The van der Waals surface area contributed by atoms with E-state index in [1.165, 1.54) is 0 Å². The molecule has 0 saturated heterocycles. The Kier molecular flexibility index (Phi) is 5.75. The number of nitrogens with two attached hydrogens (primary N) is 1. The van der Waals surface area contributed by atoms with E-state index in [4.69, 9.17) is 5.73 Å². The van der Waals surface area contributed by atoms with Crippen LogP contribution in [0.4, 0.5) is 17.8 Å². The van der Waals surface area contributed by atoms with Crippen LogP contribution in [0.15, 0.2) is 0 Å². The van der Waals surface area contributed by atoms with Gasteiger partial charge in [-0.1, -0.05) is 6.92 Å². The van der Waals surface area contributed by atoms with Gasteiger partial charge in [-0.15, -0.1) is 0 Å². The van der Waals surface area contributed by atoms with Gasteiger partial charge in [-0.2, -0.15) is 15.0 Å². The van der Waals surface area contributed by atoms with Crippen LogP contribution < -0.4 is 15.5 Å². The van der Waals surface area contributed by atoms with Gasteiger partial charge >= 0.3 is 0 Å². The molecule has 1 heterocycles. The number of aromatic nitrogens is 3. The van der Waals surface area contributed by atoms with E-state index >= 15 is 0 Å². The molecular weight excluding hydrogens is 242 g/mol. The number of likely N-dealkylation sites (N-methyl/N-ethyl adjacent to an activating group) is 1. The first kappa shape index (κ1) is 15.4. The lowest BCUT2D eigenvalue weighted by atomic mass is 10.4. The maximum Gasteiger partial charge on any atom is 0.231 e. The molecule has 108 valence electrons. The second-order valence-electron chi connectivity index (χ2n) is 4.98. The number of anilines is 3. The molecule has 7 nitrogen and oxygen atoms in total. The standard InChI is InChI=1S/C12H25N7/c1-6-7-19(9-8-17(2)3)12-15-10(13)14-11(16-12)18(4)5/h6-9H2,1-5H3,(H2,13,14,15,16). The van der Waals surface area contributed by atoms with Crippen LogP contribution >= 0.6 is 0 Å². The molecule has 0 aliphatic rings. The fourth-order valence-electron chi connectivity index (χ4n) is 1.61. The first-order valence-electron chi connectivity index (χ1n) is 6.52. The van der Waals surface area contributed by atoms with Crippen molar-refractivity contribution < 1.29 is 0 Å². The minimum Gasteiger partial charge on any atom is -0.368 e. The first-order valence-corrected chi connectivity index (χ1v) is 6.52. The summed E-state index contributed by atoms with van der Waals surface area (Å²) in [7, 11) is 7.89. The van der Waals surface area contributed by atoms with Gasteiger partial charge in [0.1, 0.15) is 0 Å². The topological polar surface area (TPSA) is 74.4 Å². The lowest BCUT2D eigenvalue weighted by Crippen LogP contribution is -2.34. The number of nitrogen functional groups attached to an aromatic ring is 1. The van der Waals surface area contributed by atoms with E-state index in [0.29, 0.717) is 11.9 Å². The van der Waals surface area contributed by atoms with Gasteiger partial charge in [-0.25, -0.2) is 0 Å². The molecule has 0 aliphatic carbocycles. The summed E-state index contributed by atoms with van der Waals surface area (Å²) in [5, 5.41) is 0. The average molecular weight is 267 g/mol. The summed E-state index contributed by atoms with van der Waals surface area (Å²) in [6.45, 7) is 4.87. The van der Waals surface area contributed by atoms with Crippen LogP contribution in [0.1, 0.15) is 13.3 Å². The minimum atomic E-state index is 0.264. The summed E-state index contributed by atoms with van der Waals surface area (Å²) in [5.74, 6) is 1.51. The van der Waals surface area contributed by atoms with Crippen molar-refractivity contribution in [2.45, 2.75) is 13.3 Å². The Bertz CT molecular complexity index is 392. The summed E-state index contributed by atoms with van der Waals surface area (Å²) in [6, 6.07) is 0. The van der Waals surface area contributed by atoms with Crippen LogP contribution in [0, 0.1) is 0 Å². The van der Waals surface area contributed by atoms with Gasteiger partial charge in [0.15, 0.2) is 0 Å². The van der Waals surface area contributed by atoms with E-state index in [1.807, 2.05) is 19.0 Å². The number of nitrogens with zero attached hydrogens (tertiary/aromatic N) is 6. The molecule has 0 fully saturated rings. The lowest BCUT2D eigenvalue weighted by Gasteiger charge is -2.24. The molecule has 7 heteroatoms. The molecular formula is C12H25N7. The van der Waals surface area contributed by atoms with E-state index in [1.54, 1.807) is 0 Å². The number of rotatable bonds is 7. The van der Waals surface area contributed by atoms with Crippen molar-refractivity contribution in [2.24, 2.45) is 0 Å². The molecule has 0 unspecified atom stereocenters. The van der Waals surface area contributed by atoms with Crippen LogP contribution in [0.3, 0.4) is 0 Å². The van der Waals surface area contributed by atoms with Crippen molar-refractivity contribution in [1.29, 1.82) is 0 Å².